The molecule has 0 aromatic rings. The minimum absolute atomic E-state index is 0.678. The fourth-order valence-electron chi connectivity index (χ4n) is 3.19. The van der Waals surface area contributed by atoms with Crippen LogP contribution in [-0.4, -0.2) is 11.8 Å². The van der Waals surface area contributed by atoms with Crippen LogP contribution in [0.1, 0.15) is 65.2 Å². The molecule has 0 aromatic carbocycles. The zero-order chi connectivity index (χ0) is 10.7. The van der Waals surface area contributed by atoms with Crippen LogP contribution in [0.4, 0.5) is 0 Å². The highest BCUT2D eigenvalue weighted by atomic mass is 14.8. The standard InChI is InChI=1S/C14H25N/c1-11-7-6-8-12(2)14(11)15-13-9-4-3-5-10-13/h11-13H,3-10H2,1-2H3. The number of aliphatic imine (C=N–C) groups is 1. The summed E-state index contributed by atoms with van der Waals surface area (Å²) >= 11 is 0. The second kappa shape index (κ2) is 5.14. The molecule has 0 saturated heterocycles. The van der Waals surface area contributed by atoms with Gasteiger partial charge in [-0.05, 0) is 37.5 Å². The van der Waals surface area contributed by atoms with Gasteiger partial charge in [0.15, 0.2) is 0 Å². The average Bonchev–Trinajstić information content (AvgIpc) is 2.25. The maximum absolute atomic E-state index is 5.07. The first-order valence-electron chi connectivity index (χ1n) is 6.85. The maximum Gasteiger partial charge on any atom is 0.0499 e. The SMILES string of the molecule is CC1CCCC(C)C1=NC1CCCCC1. The van der Waals surface area contributed by atoms with Gasteiger partial charge < -0.3 is 0 Å². The highest BCUT2D eigenvalue weighted by Crippen LogP contribution is 2.29. The van der Waals surface area contributed by atoms with Crippen LogP contribution in [0.15, 0.2) is 4.99 Å². The molecule has 15 heavy (non-hydrogen) atoms. The van der Waals surface area contributed by atoms with Crippen LogP contribution in [0.25, 0.3) is 0 Å². The molecule has 2 saturated carbocycles. The highest BCUT2D eigenvalue weighted by molar-refractivity contribution is 5.89. The Kier molecular flexibility index (Phi) is 3.82. The molecule has 0 aliphatic heterocycles. The summed E-state index contributed by atoms with van der Waals surface area (Å²) in [5.41, 5.74) is 1.55. The molecular formula is C14H25N. The van der Waals surface area contributed by atoms with Gasteiger partial charge in [-0.3, -0.25) is 4.99 Å². The molecule has 2 rings (SSSR count). The molecule has 0 radical (unpaired) electrons. The third-order valence-electron chi connectivity index (χ3n) is 4.19. The van der Waals surface area contributed by atoms with Crippen LogP contribution in [0.2, 0.25) is 0 Å². The fourth-order valence-corrected chi connectivity index (χ4v) is 3.19. The van der Waals surface area contributed by atoms with Gasteiger partial charge in [0.25, 0.3) is 0 Å². The smallest absolute Gasteiger partial charge is 0.0499 e. The van der Waals surface area contributed by atoms with Crippen molar-refractivity contribution in [3.63, 3.8) is 0 Å². The van der Waals surface area contributed by atoms with Crippen LogP contribution < -0.4 is 0 Å². The maximum atomic E-state index is 5.07. The summed E-state index contributed by atoms with van der Waals surface area (Å²) < 4.78 is 0. The fraction of sp³-hybridized carbons (Fsp3) is 0.929. The first-order chi connectivity index (χ1) is 7.27. The Hall–Kier alpha value is -0.330. The molecule has 86 valence electrons. The predicted molar refractivity (Wildman–Crippen MR) is 66.5 cm³/mol. The van der Waals surface area contributed by atoms with Crippen molar-refractivity contribution in [3.8, 4) is 0 Å². The van der Waals surface area contributed by atoms with Gasteiger partial charge >= 0.3 is 0 Å². The number of hydrogen-bond acceptors (Lipinski definition) is 1. The minimum Gasteiger partial charge on any atom is -0.290 e. The van der Waals surface area contributed by atoms with Crippen molar-refractivity contribution in [2.24, 2.45) is 16.8 Å². The first-order valence-corrected chi connectivity index (χ1v) is 6.85. The van der Waals surface area contributed by atoms with E-state index in [4.69, 9.17) is 4.99 Å². The van der Waals surface area contributed by atoms with Crippen LogP contribution in [0.5, 0.6) is 0 Å². The van der Waals surface area contributed by atoms with Gasteiger partial charge in [-0.2, -0.15) is 0 Å². The first kappa shape index (κ1) is 11.2. The molecule has 1 nitrogen and oxygen atoms in total. The van der Waals surface area contributed by atoms with E-state index in [0.717, 1.165) is 11.8 Å². The Morgan fingerprint density at radius 2 is 1.40 bits per heavy atom. The zero-order valence-electron chi connectivity index (χ0n) is 10.3. The van der Waals surface area contributed by atoms with E-state index in [-0.39, 0.29) is 0 Å². The van der Waals surface area contributed by atoms with E-state index >= 15 is 0 Å². The Bertz CT molecular complexity index is 213. The molecule has 0 amide bonds. The largest absolute Gasteiger partial charge is 0.290 e. The number of rotatable bonds is 1. The minimum atomic E-state index is 0.678. The summed E-state index contributed by atoms with van der Waals surface area (Å²) in [5, 5.41) is 0. The summed E-state index contributed by atoms with van der Waals surface area (Å²) in [4.78, 5) is 5.07. The van der Waals surface area contributed by atoms with Crippen molar-refractivity contribution >= 4 is 5.71 Å². The second-order valence-corrected chi connectivity index (χ2v) is 5.58. The van der Waals surface area contributed by atoms with E-state index in [1.54, 1.807) is 5.71 Å². The monoisotopic (exact) mass is 207 g/mol. The van der Waals surface area contributed by atoms with Gasteiger partial charge in [0, 0.05) is 11.8 Å². The Morgan fingerprint density at radius 3 is 2.00 bits per heavy atom. The predicted octanol–water partition coefficient (Wildman–Crippen LogP) is 4.22. The quantitative estimate of drug-likeness (QED) is 0.610. The van der Waals surface area contributed by atoms with E-state index in [1.165, 1.54) is 51.4 Å². The molecule has 1 heteroatoms. The van der Waals surface area contributed by atoms with Gasteiger partial charge in [-0.15, -0.1) is 0 Å². The molecule has 2 atom stereocenters. The van der Waals surface area contributed by atoms with Crippen molar-refractivity contribution in [1.29, 1.82) is 0 Å². The van der Waals surface area contributed by atoms with Crippen LogP contribution in [0, 0.1) is 11.8 Å². The Labute approximate surface area is 94.4 Å². The van der Waals surface area contributed by atoms with Crippen molar-refractivity contribution in [3.05, 3.63) is 0 Å². The van der Waals surface area contributed by atoms with Crippen molar-refractivity contribution < 1.29 is 0 Å². The van der Waals surface area contributed by atoms with E-state index in [1.807, 2.05) is 0 Å². The third kappa shape index (κ3) is 2.83. The lowest BCUT2D eigenvalue weighted by Gasteiger charge is -2.29. The summed E-state index contributed by atoms with van der Waals surface area (Å²) in [7, 11) is 0. The zero-order valence-corrected chi connectivity index (χ0v) is 10.3. The lowest BCUT2D eigenvalue weighted by atomic mass is 9.81. The molecule has 2 fully saturated rings. The topological polar surface area (TPSA) is 12.4 Å². The molecule has 2 aliphatic rings. The molecule has 0 spiro atoms. The van der Waals surface area contributed by atoms with E-state index in [2.05, 4.69) is 13.8 Å². The molecule has 0 N–H and O–H groups in total. The molecule has 2 unspecified atom stereocenters. The normalized spacial score (nSPS) is 34.1. The van der Waals surface area contributed by atoms with E-state index in [9.17, 15) is 0 Å². The molecular weight excluding hydrogens is 182 g/mol. The van der Waals surface area contributed by atoms with Gasteiger partial charge in [0.1, 0.15) is 0 Å². The van der Waals surface area contributed by atoms with Crippen LogP contribution in [-0.2, 0) is 0 Å². The molecule has 0 heterocycles. The van der Waals surface area contributed by atoms with Crippen LogP contribution >= 0.6 is 0 Å². The van der Waals surface area contributed by atoms with Gasteiger partial charge in [0.05, 0.1) is 0 Å². The average molecular weight is 207 g/mol. The van der Waals surface area contributed by atoms with Crippen molar-refractivity contribution in [2.75, 3.05) is 0 Å². The summed E-state index contributed by atoms with van der Waals surface area (Å²) in [6.45, 7) is 4.74. The number of nitrogens with zero attached hydrogens (tertiary/aromatic N) is 1. The van der Waals surface area contributed by atoms with Gasteiger partial charge in [-0.1, -0.05) is 39.5 Å². The van der Waals surface area contributed by atoms with E-state index in [0.29, 0.717) is 6.04 Å². The molecule has 0 bridgehead atoms. The van der Waals surface area contributed by atoms with Gasteiger partial charge in [-0.25, -0.2) is 0 Å². The second-order valence-electron chi connectivity index (χ2n) is 5.58. The van der Waals surface area contributed by atoms with E-state index < -0.39 is 0 Å². The van der Waals surface area contributed by atoms with Crippen LogP contribution in [0.3, 0.4) is 0 Å². The Morgan fingerprint density at radius 1 is 0.800 bits per heavy atom. The van der Waals surface area contributed by atoms with Crippen molar-refractivity contribution in [1.82, 2.24) is 0 Å². The highest BCUT2D eigenvalue weighted by Gasteiger charge is 2.24. The number of hydrogen-bond donors (Lipinski definition) is 0. The summed E-state index contributed by atoms with van der Waals surface area (Å²) in [6.07, 6.45) is 11.1. The summed E-state index contributed by atoms with van der Waals surface area (Å²) in [6, 6.07) is 0.678. The summed E-state index contributed by atoms with van der Waals surface area (Å²) in [5.74, 6) is 1.52. The van der Waals surface area contributed by atoms with Gasteiger partial charge in [0.2, 0.25) is 0 Å². The molecule has 2 aliphatic carbocycles. The molecule has 0 aromatic heterocycles. The Balaban J connectivity index is 2.01. The van der Waals surface area contributed by atoms with Crippen molar-refractivity contribution in [2.45, 2.75) is 71.3 Å². The lowest BCUT2D eigenvalue weighted by molar-refractivity contribution is 0.427. The lowest BCUT2D eigenvalue weighted by Crippen LogP contribution is -2.27. The third-order valence-corrected chi connectivity index (χ3v) is 4.19.